The molecule has 1 unspecified atom stereocenters. The Morgan fingerprint density at radius 1 is 1.30 bits per heavy atom. The van der Waals surface area contributed by atoms with Crippen molar-refractivity contribution in [3.63, 3.8) is 0 Å². The molecule has 2 N–H and O–H groups in total. The summed E-state index contributed by atoms with van der Waals surface area (Å²) in [5.41, 5.74) is 0. The van der Waals surface area contributed by atoms with E-state index < -0.39 is 10.0 Å². The van der Waals surface area contributed by atoms with Crippen LogP contribution in [-0.2, 0) is 14.8 Å². The highest BCUT2D eigenvalue weighted by molar-refractivity contribution is 7.89. The first-order valence-corrected chi connectivity index (χ1v) is 8.96. The molecule has 2 fully saturated rings. The van der Waals surface area contributed by atoms with E-state index in [1.165, 1.54) is 6.42 Å². The molecule has 3 atom stereocenters. The van der Waals surface area contributed by atoms with Crippen molar-refractivity contribution in [3.8, 4) is 0 Å². The molecule has 0 radical (unpaired) electrons. The highest BCUT2D eigenvalue weighted by Crippen LogP contribution is 2.31. The number of carbonyl (C=O) groups excluding carboxylic acids is 1. The summed E-state index contributed by atoms with van der Waals surface area (Å²) in [6, 6.07) is 0.595. The molecule has 7 heteroatoms. The van der Waals surface area contributed by atoms with Crippen LogP contribution in [0.15, 0.2) is 0 Å². The molecule has 0 aromatic rings. The van der Waals surface area contributed by atoms with Gasteiger partial charge in [-0.05, 0) is 26.9 Å². The number of likely N-dealkylation sites (N-methyl/N-ethyl adjacent to an activating group) is 1. The Labute approximate surface area is 121 Å². The Bertz CT molecular complexity index is 463. The minimum Gasteiger partial charge on any atom is -0.338 e. The van der Waals surface area contributed by atoms with Crippen molar-refractivity contribution in [1.82, 2.24) is 9.80 Å². The van der Waals surface area contributed by atoms with Crippen molar-refractivity contribution in [2.45, 2.75) is 44.2 Å². The largest absolute Gasteiger partial charge is 0.338 e. The number of sulfonamides is 1. The van der Waals surface area contributed by atoms with Crippen LogP contribution in [0.3, 0.4) is 0 Å². The van der Waals surface area contributed by atoms with Crippen molar-refractivity contribution in [2.75, 3.05) is 26.4 Å². The fourth-order valence-corrected chi connectivity index (χ4v) is 4.51. The van der Waals surface area contributed by atoms with E-state index in [-0.39, 0.29) is 23.6 Å². The second-order valence-corrected chi connectivity index (χ2v) is 7.99. The summed E-state index contributed by atoms with van der Waals surface area (Å²) in [6.07, 6.45) is 4.76. The van der Waals surface area contributed by atoms with Crippen LogP contribution in [0.1, 0.15) is 32.1 Å². The third kappa shape index (κ3) is 3.71. The molecule has 1 aliphatic heterocycles. The molecular formula is C13H25N3O3S. The maximum Gasteiger partial charge on any atom is 0.223 e. The summed E-state index contributed by atoms with van der Waals surface area (Å²) < 4.78 is 22.4. The van der Waals surface area contributed by atoms with Gasteiger partial charge in [-0.15, -0.1) is 0 Å². The molecule has 1 saturated carbocycles. The first kappa shape index (κ1) is 15.7. The van der Waals surface area contributed by atoms with Crippen LogP contribution in [0.4, 0.5) is 0 Å². The number of nitrogens with two attached hydrogens (primary N) is 1. The first-order valence-electron chi connectivity index (χ1n) is 7.24. The fraction of sp³-hybridized carbons (Fsp3) is 0.923. The predicted molar refractivity (Wildman–Crippen MR) is 77.5 cm³/mol. The number of likely N-dealkylation sites (tertiary alicyclic amines) is 1. The summed E-state index contributed by atoms with van der Waals surface area (Å²) in [5, 5.41) is 5.09. The maximum absolute atomic E-state index is 12.2. The topological polar surface area (TPSA) is 83.7 Å². The zero-order chi connectivity index (χ0) is 14.9. The molecule has 6 nitrogen and oxygen atoms in total. The molecular weight excluding hydrogens is 278 g/mol. The number of primary sulfonamides is 1. The van der Waals surface area contributed by atoms with Crippen LogP contribution in [0.25, 0.3) is 0 Å². The average Bonchev–Trinajstić information content (AvgIpc) is 2.67. The van der Waals surface area contributed by atoms with Gasteiger partial charge in [-0.3, -0.25) is 4.79 Å². The second-order valence-electron chi connectivity index (χ2n) is 6.33. The number of rotatable bonds is 4. The lowest BCUT2D eigenvalue weighted by molar-refractivity contribution is -0.131. The van der Waals surface area contributed by atoms with Crippen molar-refractivity contribution in [3.05, 3.63) is 0 Å². The van der Waals surface area contributed by atoms with Crippen LogP contribution in [-0.4, -0.2) is 62.6 Å². The lowest BCUT2D eigenvalue weighted by Crippen LogP contribution is -2.51. The van der Waals surface area contributed by atoms with Gasteiger partial charge >= 0.3 is 0 Å². The van der Waals surface area contributed by atoms with Gasteiger partial charge in [-0.25, -0.2) is 13.6 Å². The Kier molecular flexibility index (Phi) is 4.71. The molecule has 2 rings (SSSR count). The lowest BCUT2D eigenvalue weighted by Gasteiger charge is -2.41. The Hall–Kier alpha value is -0.660. The number of nitrogens with zero attached hydrogens (tertiary/aromatic N) is 2. The van der Waals surface area contributed by atoms with E-state index in [0.717, 1.165) is 19.3 Å². The third-order valence-electron chi connectivity index (χ3n) is 4.46. The number of carbonyl (C=O) groups is 1. The summed E-state index contributed by atoms with van der Waals surface area (Å²) in [4.78, 5) is 16.3. The van der Waals surface area contributed by atoms with E-state index in [9.17, 15) is 13.2 Å². The smallest absolute Gasteiger partial charge is 0.223 e. The minimum atomic E-state index is -3.50. The molecule has 1 heterocycles. The highest BCUT2D eigenvalue weighted by Gasteiger charge is 2.40. The molecule has 2 aliphatic rings. The SMILES string of the molecule is CN(C)[C@H]1CCCC[C@@H]1N1CC(CS(N)(=O)=O)CC1=O. The predicted octanol–water partition coefficient (Wildman–Crippen LogP) is -0.00380. The highest BCUT2D eigenvalue weighted by atomic mass is 32.2. The molecule has 0 spiro atoms. The van der Waals surface area contributed by atoms with Crippen LogP contribution in [0.2, 0.25) is 0 Å². The summed E-state index contributed by atoms with van der Waals surface area (Å²) >= 11 is 0. The summed E-state index contributed by atoms with van der Waals surface area (Å²) in [7, 11) is 0.590. The van der Waals surface area contributed by atoms with Gasteiger partial charge in [0.05, 0.1) is 5.75 Å². The Morgan fingerprint density at radius 2 is 1.95 bits per heavy atom. The molecule has 0 aromatic carbocycles. The standard InChI is InChI=1S/C13H25N3O3S/c1-15(2)11-5-3-4-6-12(11)16-8-10(7-13(16)17)9-20(14,18)19/h10-12H,3-9H2,1-2H3,(H2,14,18,19)/t10?,11-,12-/m0/s1. The fourth-order valence-electron chi connectivity index (χ4n) is 3.63. The van der Waals surface area contributed by atoms with Gasteiger partial charge in [0.15, 0.2) is 0 Å². The monoisotopic (exact) mass is 303 g/mol. The van der Waals surface area contributed by atoms with E-state index in [4.69, 9.17) is 5.14 Å². The molecule has 1 saturated heterocycles. The van der Waals surface area contributed by atoms with Crippen molar-refractivity contribution < 1.29 is 13.2 Å². The van der Waals surface area contributed by atoms with E-state index in [1.54, 1.807) is 0 Å². The molecule has 0 aromatic heterocycles. The van der Waals surface area contributed by atoms with Crippen LogP contribution in [0.5, 0.6) is 0 Å². The molecule has 1 aliphatic carbocycles. The van der Waals surface area contributed by atoms with E-state index in [1.807, 2.05) is 19.0 Å². The lowest BCUT2D eigenvalue weighted by atomic mass is 9.88. The van der Waals surface area contributed by atoms with E-state index in [2.05, 4.69) is 4.90 Å². The summed E-state index contributed by atoms with van der Waals surface area (Å²) in [6.45, 7) is 0.532. The van der Waals surface area contributed by atoms with Crippen LogP contribution in [0, 0.1) is 5.92 Å². The molecule has 116 valence electrons. The quantitative estimate of drug-likeness (QED) is 0.792. The molecule has 20 heavy (non-hydrogen) atoms. The second kappa shape index (κ2) is 5.99. The van der Waals surface area contributed by atoms with Gasteiger partial charge in [0.25, 0.3) is 0 Å². The van der Waals surface area contributed by atoms with Gasteiger partial charge < -0.3 is 9.80 Å². The van der Waals surface area contributed by atoms with Gasteiger partial charge in [0.1, 0.15) is 0 Å². The third-order valence-corrected chi connectivity index (χ3v) is 5.40. The number of hydrogen-bond donors (Lipinski definition) is 1. The van der Waals surface area contributed by atoms with Crippen molar-refractivity contribution >= 4 is 15.9 Å². The average molecular weight is 303 g/mol. The molecule has 0 bridgehead atoms. The van der Waals surface area contributed by atoms with Crippen molar-refractivity contribution in [2.24, 2.45) is 11.1 Å². The normalized spacial score (nSPS) is 32.1. The first-order chi connectivity index (χ1) is 9.28. The van der Waals surface area contributed by atoms with E-state index in [0.29, 0.717) is 19.0 Å². The van der Waals surface area contributed by atoms with Crippen LogP contribution < -0.4 is 5.14 Å². The van der Waals surface area contributed by atoms with Gasteiger partial charge in [0.2, 0.25) is 15.9 Å². The summed E-state index contributed by atoms with van der Waals surface area (Å²) in [5.74, 6) is -0.158. The molecule has 1 amide bonds. The van der Waals surface area contributed by atoms with Gasteiger partial charge in [-0.1, -0.05) is 12.8 Å². The maximum atomic E-state index is 12.2. The number of hydrogen-bond acceptors (Lipinski definition) is 4. The van der Waals surface area contributed by atoms with Crippen LogP contribution >= 0.6 is 0 Å². The van der Waals surface area contributed by atoms with Crippen molar-refractivity contribution in [1.29, 1.82) is 0 Å². The van der Waals surface area contributed by atoms with Gasteiger partial charge in [-0.2, -0.15) is 0 Å². The number of amides is 1. The minimum absolute atomic E-state index is 0.0809. The Morgan fingerprint density at radius 3 is 2.55 bits per heavy atom. The van der Waals surface area contributed by atoms with E-state index >= 15 is 0 Å². The Balaban J connectivity index is 2.06. The zero-order valence-corrected chi connectivity index (χ0v) is 13.1. The van der Waals surface area contributed by atoms with Gasteiger partial charge in [0, 0.05) is 31.0 Å². The zero-order valence-electron chi connectivity index (χ0n) is 12.3.